The predicted molar refractivity (Wildman–Crippen MR) is 90.4 cm³/mol. The van der Waals surface area contributed by atoms with Crippen LogP contribution in [0.15, 0.2) is 42.5 Å². The van der Waals surface area contributed by atoms with Crippen molar-refractivity contribution in [2.45, 2.75) is 25.9 Å². The molecule has 0 fully saturated rings. The van der Waals surface area contributed by atoms with Gasteiger partial charge in [-0.05, 0) is 30.2 Å². The zero-order chi connectivity index (χ0) is 16.9. The molecule has 0 saturated heterocycles. The molecule has 1 atom stereocenters. The molecule has 0 spiro atoms. The first-order valence-corrected chi connectivity index (χ1v) is 8.02. The Morgan fingerprint density at radius 2 is 1.96 bits per heavy atom. The van der Waals surface area contributed by atoms with Gasteiger partial charge in [-0.15, -0.1) is 0 Å². The maximum absolute atomic E-state index is 11.2. The Kier molecular flexibility index (Phi) is 5.01. The quantitative estimate of drug-likeness (QED) is 0.853. The largest absolute Gasteiger partial charge is 0.486 e. The zero-order valence-corrected chi connectivity index (χ0v) is 13.6. The lowest BCUT2D eigenvalue weighted by Crippen LogP contribution is -2.24. The number of aryl methyl sites for hydroxylation is 1. The summed E-state index contributed by atoms with van der Waals surface area (Å²) in [6.45, 7) is 3.68. The Morgan fingerprint density at radius 1 is 1.17 bits per heavy atom. The van der Waals surface area contributed by atoms with Crippen LogP contribution >= 0.6 is 0 Å². The van der Waals surface area contributed by atoms with Crippen molar-refractivity contribution in [2.24, 2.45) is 0 Å². The lowest BCUT2D eigenvalue weighted by atomic mass is 10.0. The number of aliphatic carboxylic acids is 1. The van der Waals surface area contributed by atoms with E-state index in [-0.39, 0.29) is 12.5 Å². The topological polar surface area (TPSA) is 67.8 Å². The molecular formula is C19H21NO4. The Bertz CT molecular complexity index is 729. The van der Waals surface area contributed by atoms with Crippen molar-refractivity contribution in [3.8, 4) is 11.5 Å². The molecule has 0 bridgehead atoms. The first kappa shape index (κ1) is 16.3. The summed E-state index contributed by atoms with van der Waals surface area (Å²) in [7, 11) is 0. The fraction of sp³-hybridized carbons (Fsp3) is 0.316. The molecule has 5 nitrogen and oxygen atoms in total. The van der Waals surface area contributed by atoms with Crippen LogP contribution in [0.3, 0.4) is 0 Å². The number of hydrogen-bond donors (Lipinski definition) is 2. The van der Waals surface area contributed by atoms with Crippen molar-refractivity contribution in [3.63, 3.8) is 0 Å². The molecule has 126 valence electrons. The predicted octanol–water partition coefficient (Wildman–Crippen LogP) is 3.07. The molecule has 1 heterocycles. The Labute approximate surface area is 141 Å². The van der Waals surface area contributed by atoms with Gasteiger partial charge in [0.25, 0.3) is 0 Å². The third kappa shape index (κ3) is 4.06. The van der Waals surface area contributed by atoms with E-state index in [1.165, 1.54) is 0 Å². The minimum absolute atomic E-state index is 0.0357. The summed E-state index contributed by atoms with van der Waals surface area (Å²) < 4.78 is 11.1. The van der Waals surface area contributed by atoms with Gasteiger partial charge in [0.15, 0.2) is 11.5 Å². The summed E-state index contributed by atoms with van der Waals surface area (Å²) in [5, 5.41) is 12.5. The van der Waals surface area contributed by atoms with Crippen LogP contribution in [0.2, 0.25) is 0 Å². The number of carboxylic acids is 1. The first-order valence-electron chi connectivity index (χ1n) is 8.02. The highest BCUT2D eigenvalue weighted by Crippen LogP contribution is 2.31. The van der Waals surface area contributed by atoms with Crippen molar-refractivity contribution in [1.82, 2.24) is 5.32 Å². The molecule has 24 heavy (non-hydrogen) atoms. The average Bonchev–Trinajstić information content (AvgIpc) is 2.58. The molecule has 1 aliphatic heterocycles. The van der Waals surface area contributed by atoms with E-state index in [4.69, 9.17) is 9.47 Å². The van der Waals surface area contributed by atoms with Crippen molar-refractivity contribution >= 4 is 5.97 Å². The maximum Gasteiger partial charge on any atom is 0.305 e. The van der Waals surface area contributed by atoms with E-state index in [0.29, 0.717) is 19.8 Å². The second kappa shape index (κ2) is 7.36. The van der Waals surface area contributed by atoms with E-state index in [0.717, 1.165) is 28.2 Å². The van der Waals surface area contributed by atoms with E-state index >= 15 is 0 Å². The first-order chi connectivity index (χ1) is 11.6. The molecule has 5 heteroatoms. The average molecular weight is 327 g/mol. The van der Waals surface area contributed by atoms with Crippen LogP contribution in [-0.2, 0) is 11.3 Å². The number of hydrogen-bond acceptors (Lipinski definition) is 4. The molecule has 3 rings (SSSR count). The number of nitrogens with one attached hydrogen (secondary N) is 1. The minimum atomic E-state index is -0.823. The molecule has 1 unspecified atom stereocenters. The van der Waals surface area contributed by atoms with Crippen LogP contribution < -0.4 is 14.8 Å². The van der Waals surface area contributed by atoms with Crippen molar-refractivity contribution in [2.75, 3.05) is 13.2 Å². The summed E-state index contributed by atoms with van der Waals surface area (Å²) >= 11 is 0. The Hall–Kier alpha value is -2.53. The van der Waals surface area contributed by atoms with Crippen molar-refractivity contribution in [1.29, 1.82) is 0 Å². The molecule has 0 aromatic heterocycles. The lowest BCUT2D eigenvalue weighted by molar-refractivity contribution is -0.137. The van der Waals surface area contributed by atoms with Gasteiger partial charge in [-0.3, -0.25) is 4.79 Å². The smallest absolute Gasteiger partial charge is 0.305 e. The highest BCUT2D eigenvalue weighted by Gasteiger charge is 2.16. The molecular weight excluding hydrogens is 306 g/mol. The van der Waals surface area contributed by atoms with Gasteiger partial charge in [0.05, 0.1) is 6.42 Å². The summed E-state index contributed by atoms with van der Waals surface area (Å²) in [5.74, 6) is 0.674. The third-order valence-electron chi connectivity index (χ3n) is 3.98. The van der Waals surface area contributed by atoms with Crippen molar-refractivity contribution < 1.29 is 19.4 Å². The second-order valence-corrected chi connectivity index (χ2v) is 5.92. The molecule has 0 aliphatic carbocycles. The number of benzene rings is 2. The van der Waals surface area contributed by atoms with Gasteiger partial charge in [0.1, 0.15) is 13.2 Å². The van der Waals surface area contributed by atoms with Gasteiger partial charge in [0, 0.05) is 12.6 Å². The SMILES string of the molecule is Cc1cccc(C(CC(=O)O)NCc2ccc3c(c2)OCCO3)c1. The number of rotatable bonds is 6. The summed E-state index contributed by atoms with van der Waals surface area (Å²) in [6, 6.07) is 13.5. The Balaban J connectivity index is 1.72. The number of ether oxygens (including phenoxy) is 2. The van der Waals surface area contributed by atoms with Gasteiger partial charge < -0.3 is 19.9 Å². The normalized spacial score (nSPS) is 14.2. The number of carboxylic acid groups (broad SMARTS) is 1. The molecule has 2 N–H and O–H groups in total. The molecule has 0 saturated carbocycles. The van der Waals surface area contributed by atoms with Crippen LogP contribution in [-0.4, -0.2) is 24.3 Å². The highest BCUT2D eigenvalue weighted by molar-refractivity contribution is 5.68. The van der Waals surface area contributed by atoms with Gasteiger partial charge >= 0.3 is 5.97 Å². The third-order valence-corrected chi connectivity index (χ3v) is 3.98. The molecule has 0 radical (unpaired) electrons. The van der Waals surface area contributed by atoms with E-state index in [1.807, 2.05) is 49.4 Å². The van der Waals surface area contributed by atoms with Gasteiger partial charge in [-0.1, -0.05) is 35.9 Å². The van der Waals surface area contributed by atoms with E-state index < -0.39 is 5.97 Å². The summed E-state index contributed by atoms with van der Waals surface area (Å²) in [4.78, 5) is 11.2. The second-order valence-electron chi connectivity index (χ2n) is 5.92. The monoisotopic (exact) mass is 327 g/mol. The van der Waals surface area contributed by atoms with Gasteiger partial charge in [-0.2, -0.15) is 0 Å². The van der Waals surface area contributed by atoms with Crippen LogP contribution in [0.25, 0.3) is 0 Å². The van der Waals surface area contributed by atoms with Crippen LogP contribution in [0, 0.1) is 6.92 Å². The molecule has 2 aromatic carbocycles. The highest BCUT2D eigenvalue weighted by atomic mass is 16.6. The van der Waals surface area contributed by atoms with Crippen LogP contribution in [0.4, 0.5) is 0 Å². The Morgan fingerprint density at radius 3 is 2.71 bits per heavy atom. The summed E-state index contributed by atoms with van der Waals surface area (Å²) in [5.41, 5.74) is 3.13. The molecule has 2 aromatic rings. The summed E-state index contributed by atoms with van der Waals surface area (Å²) in [6.07, 6.45) is 0.0357. The molecule has 0 amide bonds. The van der Waals surface area contributed by atoms with Crippen LogP contribution in [0.5, 0.6) is 11.5 Å². The van der Waals surface area contributed by atoms with E-state index in [2.05, 4.69) is 5.32 Å². The van der Waals surface area contributed by atoms with Gasteiger partial charge in [0.2, 0.25) is 0 Å². The fourth-order valence-corrected chi connectivity index (χ4v) is 2.81. The molecule has 1 aliphatic rings. The van der Waals surface area contributed by atoms with E-state index in [9.17, 15) is 9.90 Å². The van der Waals surface area contributed by atoms with Crippen LogP contribution in [0.1, 0.15) is 29.2 Å². The maximum atomic E-state index is 11.2. The number of carbonyl (C=O) groups is 1. The zero-order valence-electron chi connectivity index (χ0n) is 13.6. The fourth-order valence-electron chi connectivity index (χ4n) is 2.81. The lowest BCUT2D eigenvalue weighted by Gasteiger charge is -2.21. The van der Waals surface area contributed by atoms with Gasteiger partial charge in [-0.25, -0.2) is 0 Å². The minimum Gasteiger partial charge on any atom is -0.486 e. The van der Waals surface area contributed by atoms with E-state index in [1.54, 1.807) is 0 Å². The van der Waals surface area contributed by atoms with Crippen molar-refractivity contribution in [3.05, 3.63) is 59.2 Å². The number of fused-ring (bicyclic) bond motifs is 1. The standard InChI is InChI=1S/C19H21NO4/c1-13-3-2-4-15(9-13)16(11-19(21)22)20-12-14-5-6-17-18(10-14)24-8-7-23-17/h2-6,9-10,16,20H,7-8,11-12H2,1H3,(H,21,22).